The molecule has 0 aliphatic carbocycles. The Morgan fingerprint density at radius 2 is 1.94 bits per heavy atom. The fraction of sp³-hybridized carbons (Fsp3) is 0.480. The van der Waals surface area contributed by atoms with Crippen LogP contribution in [0.5, 0.6) is 0 Å². The van der Waals surface area contributed by atoms with Gasteiger partial charge in [0.05, 0.1) is 42.6 Å². The molecule has 7 heteroatoms. The molecule has 5 rings (SSSR count). The van der Waals surface area contributed by atoms with E-state index < -0.39 is 0 Å². The number of aromatic nitrogens is 3. The molecule has 0 radical (unpaired) electrons. The molecular weight excluding hydrogens is 400 g/mol. The van der Waals surface area contributed by atoms with E-state index >= 15 is 0 Å². The third-order valence-electron chi connectivity index (χ3n) is 6.73. The van der Waals surface area contributed by atoms with Crippen molar-refractivity contribution in [1.29, 1.82) is 5.26 Å². The van der Waals surface area contributed by atoms with Crippen LogP contribution in [0.1, 0.15) is 25.3 Å². The molecule has 2 aliphatic rings. The van der Waals surface area contributed by atoms with Crippen LogP contribution in [0.4, 0.5) is 5.82 Å². The van der Waals surface area contributed by atoms with Gasteiger partial charge in [-0.25, -0.2) is 4.98 Å². The molecular formula is C25H30N6O. The van der Waals surface area contributed by atoms with Crippen LogP contribution in [0, 0.1) is 17.2 Å². The first-order valence-electron chi connectivity index (χ1n) is 11.5. The molecule has 3 aromatic rings. The average Bonchev–Trinajstić information content (AvgIpc) is 3.20. The summed E-state index contributed by atoms with van der Waals surface area (Å²) in [5.74, 6) is 1.77. The van der Waals surface area contributed by atoms with Gasteiger partial charge in [0.1, 0.15) is 11.3 Å². The van der Waals surface area contributed by atoms with Gasteiger partial charge in [0.15, 0.2) is 0 Å². The minimum absolute atomic E-state index is 0.124. The summed E-state index contributed by atoms with van der Waals surface area (Å²) in [6.45, 7) is 7.69. The van der Waals surface area contributed by atoms with Crippen LogP contribution in [0.25, 0.3) is 22.2 Å². The molecule has 2 aromatic heterocycles. The zero-order valence-electron chi connectivity index (χ0n) is 18.9. The minimum atomic E-state index is 0.124. The molecule has 0 saturated carbocycles. The molecule has 0 amide bonds. The summed E-state index contributed by atoms with van der Waals surface area (Å²) in [5, 5.41) is 13.9. The van der Waals surface area contributed by atoms with Crippen LogP contribution in [-0.2, 0) is 11.3 Å². The van der Waals surface area contributed by atoms with Crippen molar-refractivity contribution in [3.8, 4) is 17.2 Å². The molecule has 2 saturated heterocycles. The second kappa shape index (κ2) is 8.89. The summed E-state index contributed by atoms with van der Waals surface area (Å²) in [6.07, 6.45) is 4.36. The second-order valence-corrected chi connectivity index (χ2v) is 9.20. The molecule has 0 bridgehead atoms. The highest BCUT2D eigenvalue weighted by Gasteiger charge is 2.23. The first-order valence-corrected chi connectivity index (χ1v) is 11.5. The van der Waals surface area contributed by atoms with E-state index in [1.54, 1.807) is 0 Å². The van der Waals surface area contributed by atoms with Crippen LogP contribution >= 0.6 is 0 Å². The largest absolute Gasteiger partial charge is 0.374 e. The fourth-order valence-corrected chi connectivity index (χ4v) is 4.71. The Bertz CT molecular complexity index is 1120. The number of ether oxygens (including phenoxy) is 1. The number of fused-ring (bicyclic) bond motifs is 1. The molecule has 0 spiro atoms. The maximum absolute atomic E-state index is 9.21. The number of nitriles is 1. The number of morpholine rings is 1. The van der Waals surface area contributed by atoms with Gasteiger partial charge in [-0.3, -0.25) is 4.68 Å². The minimum Gasteiger partial charge on any atom is -0.374 e. The SMILES string of the molecule is CC1CCN(c2nc3cnn(CC4CN(C)CCO4)c3cc2-c2ccc(C#N)cc2)CC1. The van der Waals surface area contributed by atoms with E-state index in [2.05, 4.69) is 41.0 Å². The quantitative estimate of drug-likeness (QED) is 0.631. The van der Waals surface area contributed by atoms with E-state index in [9.17, 15) is 5.26 Å². The van der Waals surface area contributed by atoms with Gasteiger partial charge in [0, 0.05) is 31.7 Å². The lowest BCUT2D eigenvalue weighted by atomic mass is 9.97. The molecule has 7 nitrogen and oxygen atoms in total. The molecule has 1 unspecified atom stereocenters. The van der Waals surface area contributed by atoms with Crippen LogP contribution in [-0.4, -0.2) is 65.6 Å². The molecule has 166 valence electrons. The van der Waals surface area contributed by atoms with Gasteiger partial charge in [0.25, 0.3) is 0 Å². The number of benzene rings is 1. The summed E-state index contributed by atoms with van der Waals surface area (Å²) >= 11 is 0. The van der Waals surface area contributed by atoms with E-state index in [1.165, 1.54) is 12.8 Å². The monoisotopic (exact) mass is 430 g/mol. The van der Waals surface area contributed by atoms with Crippen LogP contribution in [0.15, 0.2) is 36.5 Å². The van der Waals surface area contributed by atoms with E-state index in [0.29, 0.717) is 12.1 Å². The molecule has 0 N–H and O–H groups in total. The Hall–Kier alpha value is -2.95. The normalized spacial score (nSPS) is 20.5. The Labute approximate surface area is 189 Å². The lowest BCUT2D eigenvalue weighted by molar-refractivity contribution is -0.0284. The third kappa shape index (κ3) is 4.21. The fourth-order valence-electron chi connectivity index (χ4n) is 4.71. The van der Waals surface area contributed by atoms with Gasteiger partial charge in [0.2, 0.25) is 0 Å². The highest BCUT2D eigenvalue weighted by atomic mass is 16.5. The molecule has 1 aromatic carbocycles. The van der Waals surface area contributed by atoms with Crippen molar-refractivity contribution in [2.24, 2.45) is 5.92 Å². The Morgan fingerprint density at radius 3 is 2.66 bits per heavy atom. The third-order valence-corrected chi connectivity index (χ3v) is 6.73. The maximum atomic E-state index is 9.21. The summed E-state index contributed by atoms with van der Waals surface area (Å²) < 4.78 is 8.01. The van der Waals surface area contributed by atoms with Gasteiger partial charge < -0.3 is 14.5 Å². The number of hydrogen-bond acceptors (Lipinski definition) is 6. The van der Waals surface area contributed by atoms with E-state index in [-0.39, 0.29) is 6.10 Å². The first kappa shape index (κ1) is 20.9. The standard InChI is InChI=1S/C25H30N6O/c1-18-7-9-30(10-8-18)25-22(20-5-3-19(14-26)4-6-20)13-24-23(28-25)15-27-31(24)17-21-16-29(2)11-12-32-21/h3-6,13,15,18,21H,7-12,16-17H2,1-2H3. The Kier molecular flexibility index (Phi) is 5.81. The smallest absolute Gasteiger partial charge is 0.137 e. The molecule has 2 fully saturated rings. The number of anilines is 1. The van der Waals surface area contributed by atoms with Gasteiger partial charge in [-0.2, -0.15) is 10.4 Å². The van der Waals surface area contributed by atoms with Crippen molar-refractivity contribution in [1.82, 2.24) is 19.7 Å². The van der Waals surface area contributed by atoms with Crippen LogP contribution in [0.3, 0.4) is 0 Å². The highest BCUT2D eigenvalue weighted by molar-refractivity contribution is 5.88. The predicted octanol–water partition coefficient (Wildman–Crippen LogP) is 3.54. The number of likely N-dealkylation sites (N-methyl/N-ethyl adjacent to an activating group) is 1. The number of nitrogens with zero attached hydrogens (tertiary/aromatic N) is 6. The average molecular weight is 431 g/mol. The zero-order valence-corrected chi connectivity index (χ0v) is 18.9. The Morgan fingerprint density at radius 1 is 1.16 bits per heavy atom. The number of hydrogen-bond donors (Lipinski definition) is 0. The molecule has 32 heavy (non-hydrogen) atoms. The topological polar surface area (TPSA) is 70.2 Å². The first-order chi connectivity index (χ1) is 15.6. The van der Waals surface area contributed by atoms with Crippen molar-refractivity contribution in [2.45, 2.75) is 32.4 Å². The van der Waals surface area contributed by atoms with Gasteiger partial charge >= 0.3 is 0 Å². The summed E-state index contributed by atoms with van der Waals surface area (Å²) in [4.78, 5) is 9.81. The zero-order chi connectivity index (χ0) is 22.1. The van der Waals surface area contributed by atoms with Gasteiger partial charge in [-0.1, -0.05) is 19.1 Å². The molecule has 2 aliphatic heterocycles. The van der Waals surface area contributed by atoms with Crippen molar-refractivity contribution in [3.63, 3.8) is 0 Å². The van der Waals surface area contributed by atoms with Gasteiger partial charge in [-0.05, 0) is 49.6 Å². The van der Waals surface area contributed by atoms with E-state index in [4.69, 9.17) is 9.72 Å². The lowest BCUT2D eigenvalue weighted by Crippen LogP contribution is -2.42. The number of rotatable bonds is 4. The Balaban J connectivity index is 1.55. The maximum Gasteiger partial charge on any atom is 0.137 e. The van der Waals surface area contributed by atoms with Crippen LogP contribution < -0.4 is 4.90 Å². The van der Waals surface area contributed by atoms with E-state index in [1.807, 2.05) is 35.1 Å². The summed E-state index contributed by atoms with van der Waals surface area (Å²) in [6, 6.07) is 12.2. The summed E-state index contributed by atoms with van der Waals surface area (Å²) in [7, 11) is 2.13. The van der Waals surface area contributed by atoms with Crippen molar-refractivity contribution in [2.75, 3.05) is 44.7 Å². The highest BCUT2D eigenvalue weighted by Crippen LogP contribution is 2.34. The van der Waals surface area contributed by atoms with Crippen LogP contribution in [0.2, 0.25) is 0 Å². The number of piperidine rings is 1. The van der Waals surface area contributed by atoms with Gasteiger partial charge in [-0.15, -0.1) is 0 Å². The predicted molar refractivity (Wildman–Crippen MR) is 126 cm³/mol. The molecule has 4 heterocycles. The molecule has 1 atom stereocenters. The number of pyridine rings is 1. The van der Waals surface area contributed by atoms with E-state index in [0.717, 1.165) is 66.7 Å². The van der Waals surface area contributed by atoms with Crippen molar-refractivity contribution >= 4 is 16.9 Å². The summed E-state index contributed by atoms with van der Waals surface area (Å²) in [5.41, 5.74) is 4.78. The van der Waals surface area contributed by atoms with Crippen molar-refractivity contribution in [3.05, 3.63) is 42.1 Å². The second-order valence-electron chi connectivity index (χ2n) is 9.20. The van der Waals surface area contributed by atoms with Crippen molar-refractivity contribution < 1.29 is 4.74 Å². The lowest BCUT2D eigenvalue weighted by Gasteiger charge is -2.32.